The third kappa shape index (κ3) is 2.88. The van der Waals surface area contributed by atoms with Crippen LogP contribution in [-0.2, 0) is 4.79 Å². The fourth-order valence-corrected chi connectivity index (χ4v) is 1.68. The molecule has 2 aromatic carbocycles. The molecule has 0 aliphatic rings. The molecule has 0 aliphatic heterocycles. The van der Waals surface area contributed by atoms with Gasteiger partial charge in [0.05, 0.1) is 11.6 Å². The van der Waals surface area contributed by atoms with Gasteiger partial charge in [-0.2, -0.15) is 5.26 Å². The van der Waals surface area contributed by atoms with Crippen LogP contribution in [0.1, 0.15) is 5.56 Å². The summed E-state index contributed by atoms with van der Waals surface area (Å²) in [6.07, 6.45) is 1.09. The van der Waals surface area contributed by atoms with E-state index in [9.17, 15) is 4.79 Å². The highest BCUT2D eigenvalue weighted by atomic mass is 16.5. The maximum Gasteiger partial charge on any atom is 0.335 e. The molecular weight excluding hydrogens is 238 g/mol. The molecule has 0 heterocycles. The number of nitrogens with zero attached hydrogens (tertiary/aromatic N) is 1. The van der Waals surface area contributed by atoms with Crippen LogP contribution in [0.5, 0.6) is 5.75 Å². The number of ether oxygens (including phenoxy) is 1. The summed E-state index contributed by atoms with van der Waals surface area (Å²) in [5.41, 5.74) is 2.11. The van der Waals surface area contributed by atoms with Crippen molar-refractivity contribution in [2.24, 2.45) is 0 Å². The number of carbonyl (C=O) groups is 1. The van der Waals surface area contributed by atoms with E-state index in [0.29, 0.717) is 11.3 Å². The molecule has 0 amide bonds. The summed E-state index contributed by atoms with van der Waals surface area (Å²) in [6.45, 7) is 3.36. The minimum atomic E-state index is -0.549. The van der Waals surface area contributed by atoms with Crippen molar-refractivity contribution >= 4 is 5.97 Å². The van der Waals surface area contributed by atoms with Gasteiger partial charge in [0.2, 0.25) is 0 Å². The Morgan fingerprint density at radius 2 is 1.95 bits per heavy atom. The van der Waals surface area contributed by atoms with E-state index in [2.05, 4.69) is 6.58 Å². The van der Waals surface area contributed by atoms with E-state index in [1.54, 1.807) is 18.2 Å². The molecule has 0 spiro atoms. The lowest BCUT2D eigenvalue weighted by atomic mass is 10.0. The predicted octanol–water partition coefficient (Wildman–Crippen LogP) is 3.32. The van der Waals surface area contributed by atoms with E-state index in [0.717, 1.165) is 17.2 Å². The molecule has 0 saturated carbocycles. The number of esters is 1. The molecule has 3 nitrogen and oxygen atoms in total. The smallest absolute Gasteiger partial charge is 0.335 e. The highest BCUT2D eigenvalue weighted by Gasteiger charge is 2.10. The number of hydrogen-bond acceptors (Lipinski definition) is 3. The lowest BCUT2D eigenvalue weighted by Gasteiger charge is -2.09. The van der Waals surface area contributed by atoms with Crippen LogP contribution in [0.25, 0.3) is 11.1 Å². The molecule has 0 aromatic heterocycles. The number of rotatable bonds is 3. The minimum Gasteiger partial charge on any atom is -0.423 e. The number of nitriles is 1. The molecule has 92 valence electrons. The third-order valence-electron chi connectivity index (χ3n) is 2.57. The quantitative estimate of drug-likeness (QED) is 0.476. The van der Waals surface area contributed by atoms with Gasteiger partial charge in [-0.15, -0.1) is 0 Å². The van der Waals surface area contributed by atoms with Crippen LogP contribution >= 0.6 is 0 Å². The van der Waals surface area contributed by atoms with E-state index in [-0.39, 0.29) is 0 Å². The monoisotopic (exact) mass is 249 g/mol. The fraction of sp³-hybridized carbons (Fsp3) is 0. The molecule has 0 atom stereocenters. The van der Waals surface area contributed by atoms with Crippen LogP contribution in [0.15, 0.2) is 61.2 Å². The van der Waals surface area contributed by atoms with Gasteiger partial charge in [0, 0.05) is 11.6 Å². The minimum absolute atomic E-state index is 0.357. The van der Waals surface area contributed by atoms with Gasteiger partial charge in [-0.25, -0.2) is 4.79 Å². The summed E-state index contributed by atoms with van der Waals surface area (Å²) >= 11 is 0. The standard InChI is InChI=1S/C16H11NO2/c1-2-16(18)19-15-10-12(11-17)8-9-14(15)13-6-4-3-5-7-13/h2-10H,1H2. The molecule has 19 heavy (non-hydrogen) atoms. The van der Waals surface area contributed by atoms with Crippen molar-refractivity contribution in [2.45, 2.75) is 0 Å². The topological polar surface area (TPSA) is 50.1 Å². The molecular formula is C16H11NO2. The number of carbonyl (C=O) groups excluding carboxylic acids is 1. The second kappa shape index (κ2) is 5.65. The molecule has 0 saturated heterocycles. The second-order valence-electron chi connectivity index (χ2n) is 3.81. The van der Waals surface area contributed by atoms with Crippen LogP contribution in [0.2, 0.25) is 0 Å². The van der Waals surface area contributed by atoms with Crippen LogP contribution in [0.3, 0.4) is 0 Å². The molecule has 0 fully saturated rings. The van der Waals surface area contributed by atoms with Gasteiger partial charge in [-0.3, -0.25) is 0 Å². The predicted molar refractivity (Wildman–Crippen MR) is 72.4 cm³/mol. The lowest BCUT2D eigenvalue weighted by Crippen LogP contribution is -2.04. The van der Waals surface area contributed by atoms with Crippen LogP contribution in [-0.4, -0.2) is 5.97 Å². The van der Waals surface area contributed by atoms with Crippen LogP contribution in [0.4, 0.5) is 0 Å². The summed E-state index contributed by atoms with van der Waals surface area (Å²) in [5, 5.41) is 8.90. The zero-order chi connectivity index (χ0) is 13.7. The van der Waals surface area contributed by atoms with E-state index < -0.39 is 5.97 Å². The van der Waals surface area contributed by atoms with Gasteiger partial charge in [0.15, 0.2) is 0 Å². The highest BCUT2D eigenvalue weighted by Crippen LogP contribution is 2.31. The Balaban J connectivity index is 2.51. The maximum atomic E-state index is 11.3. The molecule has 0 N–H and O–H groups in total. The first-order chi connectivity index (χ1) is 9.24. The van der Waals surface area contributed by atoms with E-state index >= 15 is 0 Å². The SMILES string of the molecule is C=CC(=O)Oc1cc(C#N)ccc1-c1ccccc1. The Kier molecular flexibility index (Phi) is 3.75. The Morgan fingerprint density at radius 1 is 1.21 bits per heavy atom. The van der Waals surface area contributed by atoms with Gasteiger partial charge in [0.1, 0.15) is 5.75 Å². The van der Waals surface area contributed by atoms with Gasteiger partial charge >= 0.3 is 5.97 Å². The van der Waals surface area contributed by atoms with Crippen molar-refractivity contribution in [1.29, 1.82) is 5.26 Å². The van der Waals surface area contributed by atoms with Gasteiger partial charge < -0.3 is 4.74 Å². The molecule has 2 rings (SSSR count). The lowest BCUT2D eigenvalue weighted by molar-refractivity contribution is -0.128. The van der Waals surface area contributed by atoms with Gasteiger partial charge in [-0.1, -0.05) is 36.9 Å². The Morgan fingerprint density at radius 3 is 2.58 bits per heavy atom. The van der Waals surface area contributed by atoms with Gasteiger partial charge in [0.25, 0.3) is 0 Å². The third-order valence-corrected chi connectivity index (χ3v) is 2.57. The Hall–Kier alpha value is -2.86. The maximum absolute atomic E-state index is 11.3. The van der Waals surface area contributed by atoms with Crippen molar-refractivity contribution in [3.8, 4) is 22.9 Å². The van der Waals surface area contributed by atoms with Crippen molar-refractivity contribution in [1.82, 2.24) is 0 Å². The summed E-state index contributed by atoms with van der Waals surface area (Å²) in [5.74, 6) is -0.192. The summed E-state index contributed by atoms with van der Waals surface area (Å²) in [4.78, 5) is 11.3. The average Bonchev–Trinajstić information content (AvgIpc) is 2.48. The molecule has 0 radical (unpaired) electrons. The second-order valence-corrected chi connectivity index (χ2v) is 3.81. The Bertz CT molecular complexity index is 654. The van der Waals surface area contributed by atoms with E-state index in [1.807, 2.05) is 36.4 Å². The van der Waals surface area contributed by atoms with E-state index in [4.69, 9.17) is 10.00 Å². The van der Waals surface area contributed by atoms with Crippen molar-refractivity contribution in [2.75, 3.05) is 0 Å². The van der Waals surface area contributed by atoms with Crippen molar-refractivity contribution in [3.63, 3.8) is 0 Å². The summed E-state index contributed by atoms with van der Waals surface area (Å²) in [6, 6.07) is 16.5. The van der Waals surface area contributed by atoms with Crippen molar-refractivity contribution < 1.29 is 9.53 Å². The van der Waals surface area contributed by atoms with Crippen LogP contribution < -0.4 is 4.74 Å². The first-order valence-electron chi connectivity index (χ1n) is 5.68. The molecule has 0 unspecified atom stereocenters. The number of hydrogen-bond donors (Lipinski definition) is 0. The molecule has 0 aliphatic carbocycles. The van der Waals surface area contributed by atoms with Crippen LogP contribution in [0, 0.1) is 11.3 Å². The largest absolute Gasteiger partial charge is 0.423 e. The molecule has 2 aromatic rings. The van der Waals surface area contributed by atoms with E-state index in [1.165, 1.54) is 0 Å². The van der Waals surface area contributed by atoms with Crippen molar-refractivity contribution in [3.05, 3.63) is 66.7 Å². The molecule has 0 bridgehead atoms. The highest BCUT2D eigenvalue weighted by molar-refractivity contribution is 5.85. The first kappa shape index (κ1) is 12.6. The Labute approximate surface area is 111 Å². The summed E-state index contributed by atoms with van der Waals surface area (Å²) < 4.78 is 5.18. The fourth-order valence-electron chi connectivity index (χ4n) is 1.68. The number of benzene rings is 2. The molecule has 3 heteroatoms. The zero-order valence-corrected chi connectivity index (χ0v) is 10.2. The normalized spacial score (nSPS) is 9.42. The van der Waals surface area contributed by atoms with Gasteiger partial charge in [-0.05, 0) is 23.8 Å². The zero-order valence-electron chi connectivity index (χ0n) is 10.2. The first-order valence-corrected chi connectivity index (χ1v) is 5.68. The average molecular weight is 249 g/mol. The summed E-state index contributed by atoms with van der Waals surface area (Å²) in [7, 11) is 0.